The smallest absolute Gasteiger partial charge is 0.0934 e. The van der Waals surface area contributed by atoms with Gasteiger partial charge in [0.1, 0.15) is 0 Å². The van der Waals surface area contributed by atoms with E-state index in [-0.39, 0.29) is 18.2 Å². The SMILES string of the molecule is C=C(C[C@H](OCC)[C@@H](C)CCCC)[C@@H]1OCCC[C@H]1N. The molecule has 1 saturated heterocycles. The van der Waals surface area contributed by atoms with Crippen LogP contribution in [-0.4, -0.2) is 31.5 Å². The van der Waals surface area contributed by atoms with Crippen LogP contribution in [0.4, 0.5) is 0 Å². The first-order valence-electron chi connectivity index (χ1n) is 8.26. The summed E-state index contributed by atoms with van der Waals surface area (Å²) in [6, 6.07) is 0.101. The number of hydrogen-bond donors (Lipinski definition) is 1. The highest BCUT2D eigenvalue weighted by atomic mass is 16.5. The number of hydrogen-bond acceptors (Lipinski definition) is 3. The van der Waals surface area contributed by atoms with Crippen molar-refractivity contribution in [3.63, 3.8) is 0 Å². The Bertz CT molecular complexity index is 280. The summed E-state index contributed by atoms with van der Waals surface area (Å²) in [4.78, 5) is 0. The van der Waals surface area contributed by atoms with Gasteiger partial charge in [0.2, 0.25) is 0 Å². The molecule has 0 unspecified atom stereocenters. The van der Waals surface area contributed by atoms with E-state index in [9.17, 15) is 0 Å². The summed E-state index contributed by atoms with van der Waals surface area (Å²) >= 11 is 0. The van der Waals surface area contributed by atoms with Crippen LogP contribution >= 0.6 is 0 Å². The Balaban J connectivity index is 2.52. The van der Waals surface area contributed by atoms with Crippen molar-refractivity contribution in [3.8, 4) is 0 Å². The largest absolute Gasteiger partial charge is 0.378 e. The molecule has 1 aliphatic rings. The molecule has 0 saturated carbocycles. The lowest BCUT2D eigenvalue weighted by Crippen LogP contribution is -2.42. The van der Waals surface area contributed by atoms with Gasteiger partial charge in [-0.2, -0.15) is 0 Å². The van der Waals surface area contributed by atoms with E-state index < -0.39 is 0 Å². The molecule has 0 aromatic carbocycles. The van der Waals surface area contributed by atoms with Gasteiger partial charge in [-0.1, -0.05) is 33.3 Å². The average Bonchev–Trinajstić information content (AvgIpc) is 2.44. The van der Waals surface area contributed by atoms with Gasteiger partial charge < -0.3 is 15.2 Å². The van der Waals surface area contributed by atoms with Gasteiger partial charge in [0.25, 0.3) is 0 Å². The Labute approximate surface area is 124 Å². The van der Waals surface area contributed by atoms with Crippen molar-refractivity contribution in [1.82, 2.24) is 0 Å². The molecule has 0 aliphatic carbocycles. The minimum Gasteiger partial charge on any atom is -0.378 e. The van der Waals surface area contributed by atoms with Crippen LogP contribution in [0, 0.1) is 5.92 Å². The first-order chi connectivity index (χ1) is 9.60. The minimum absolute atomic E-state index is 0.0186. The van der Waals surface area contributed by atoms with Gasteiger partial charge >= 0.3 is 0 Å². The lowest BCUT2D eigenvalue weighted by atomic mass is 9.88. The molecule has 3 heteroatoms. The van der Waals surface area contributed by atoms with Crippen LogP contribution in [0.1, 0.15) is 59.3 Å². The second kappa shape index (κ2) is 9.54. The van der Waals surface area contributed by atoms with Gasteiger partial charge in [-0.15, -0.1) is 0 Å². The van der Waals surface area contributed by atoms with Crippen molar-refractivity contribution in [1.29, 1.82) is 0 Å². The molecule has 20 heavy (non-hydrogen) atoms. The molecule has 0 aromatic rings. The summed E-state index contributed by atoms with van der Waals surface area (Å²) in [5.74, 6) is 0.562. The van der Waals surface area contributed by atoms with Crippen LogP contribution < -0.4 is 5.73 Å². The third kappa shape index (κ3) is 5.55. The van der Waals surface area contributed by atoms with Crippen LogP contribution in [-0.2, 0) is 9.47 Å². The number of ether oxygens (including phenoxy) is 2. The van der Waals surface area contributed by atoms with Crippen molar-refractivity contribution >= 4 is 0 Å². The predicted octanol–water partition coefficient (Wildman–Crippen LogP) is 3.67. The summed E-state index contributed by atoms with van der Waals surface area (Å²) < 4.78 is 11.8. The fraction of sp³-hybridized carbons (Fsp3) is 0.882. The van der Waals surface area contributed by atoms with Crippen molar-refractivity contribution in [3.05, 3.63) is 12.2 Å². The second-order valence-corrected chi connectivity index (χ2v) is 6.07. The van der Waals surface area contributed by atoms with E-state index in [1.54, 1.807) is 0 Å². The zero-order chi connectivity index (χ0) is 15.0. The van der Waals surface area contributed by atoms with E-state index in [2.05, 4.69) is 27.4 Å². The van der Waals surface area contributed by atoms with Crippen molar-refractivity contribution in [2.45, 2.75) is 77.5 Å². The maximum atomic E-state index is 6.16. The van der Waals surface area contributed by atoms with Crippen molar-refractivity contribution < 1.29 is 9.47 Å². The van der Waals surface area contributed by atoms with Crippen molar-refractivity contribution in [2.75, 3.05) is 13.2 Å². The number of nitrogens with two attached hydrogens (primary N) is 1. The zero-order valence-corrected chi connectivity index (χ0v) is 13.6. The van der Waals surface area contributed by atoms with Crippen LogP contribution in [0.25, 0.3) is 0 Å². The molecule has 0 amide bonds. The lowest BCUT2D eigenvalue weighted by Gasteiger charge is -2.33. The Kier molecular flexibility index (Phi) is 8.43. The summed E-state index contributed by atoms with van der Waals surface area (Å²) in [6.07, 6.45) is 6.95. The van der Waals surface area contributed by atoms with Crippen LogP contribution in [0.3, 0.4) is 0 Å². The molecule has 1 rings (SSSR count). The third-order valence-electron chi connectivity index (χ3n) is 4.26. The van der Waals surface area contributed by atoms with E-state index >= 15 is 0 Å². The normalized spacial score (nSPS) is 26.2. The number of rotatable bonds is 9. The third-order valence-corrected chi connectivity index (χ3v) is 4.26. The van der Waals surface area contributed by atoms with Crippen LogP contribution in [0.2, 0.25) is 0 Å². The van der Waals surface area contributed by atoms with Gasteiger partial charge in [-0.3, -0.25) is 0 Å². The molecule has 0 radical (unpaired) electrons. The topological polar surface area (TPSA) is 44.5 Å². The van der Waals surface area contributed by atoms with E-state index in [1.807, 2.05) is 0 Å². The van der Waals surface area contributed by atoms with Crippen LogP contribution in [0.15, 0.2) is 12.2 Å². The maximum Gasteiger partial charge on any atom is 0.0934 e. The standard InChI is InChI=1S/C17H33NO2/c1-5-7-9-13(3)16(19-6-2)12-14(4)17-15(18)10-8-11-20-17/h13,15-17H,4-12,18H2,1-3H3/t13-,15+,16-,17-/m0/s1. The quantitative estimate of drug-likeness (QED) is 0.657. The molecule has 4 atom stereocenters. The molecule has 3 nitrogen and oxygen atoms in total. The van der Waals surface area contributed by atoms with Gasteiger partial charge in [-0.05, 0) is 44.1 Å². The maximum absolute atomic E-state index is 6.16. The molecule has 2 N–H and O–H groups in total. The Morgan fingerprint density at radius 3 is 2.80 bits per heavy atom. The fourth-order valence-electron chi connectivity index (χ4n) is 2.95. The van der Waals surface area contributed by atoms with E-state index in [0.717, 1.165) is 38.0 Å². The van der Waals surface area contributed by atoms with Crippen LogP contribution in [0.5, 0.6) is 0 Å². The highest BCUT2D eigenvalue weighted by Crippen LogP contribution is 2.26. The highest BCUT2D eigenvalue weighted by Gasteiger charge is 2.28. The monoisotopic (exact) mass is 283 g/mol. The predicted molar refractivity (Wildman–Crippen MR) is 84.8 cm³/mol. The van der Waals surface area contributed by atoms with Gasteiger partial charge in [0.05, 0.1) is 12.2 Å². The molecule has 0 spiro atoms. The minimum atomic E-state index is 0.0186. The Hall–Kier alpha value is -0.380. The van der Waals surface area contributed by atoms with Crippen molar-refractivity contribution in [2.24, 2.45) is 11.7 Å². The Morgan fingerprint density at radius 1 is 1.45 bits per heavy atom. The summed E-state index contributed by atoms with van der Waals surface area (Å²) in [5, 5.41) is 0. The second-order valence-electron chi connectivity index (χ2n) is 6.07. The molecule has 1 fully saturated rings. The molecular weight excluding hydrogens is 250 g/mol. The molecule has 0 aromatic heterocycles. The van der Waals surface area contributed by atoms with E-state index in [0.29, 0.717) is 5.92 Å². The lowest BCUT2D eigenvalue weighted by molar-refractivity contribution is -0.00158. The van der Waals surface area contributed by atoms with E-state index in [4.69, 9.17) is 15.2 Å². The fourth-order valence-corrected chi connectivity index (χ4v) is 2.95. The molecule has 118 valence electrons. The zero-order valence-electron chi connectivity index (χ0n) is 13.6. The average molecular weight is 283 g/mol. The highest BCUT2D eigenvalue weighted by molar-refractivity contribution is 5.09. The van der Waals surface area contributed by atoms with Gasteiger partial charge in [0.15, 0.2) is 0 Å². The number of unbranched alkanes of at least 4 members (excludes halogenated alkanes) is 1. The van der Waals surface area contributed by atoms with E-state index in [1.165, 1.54) is 19.3 Å². The molecule has 0 bridgehead atoms. The Morgan fingerprint density at radius 2 is 2.20 bits per heavy atom. The summed E-state index contributed by atoms with van der Waals surface area (Å²) in [7, 11) is 0. The molecular formula is C17H33NO2. The summed E-state index contributed by atoms with van der Waals surface area (Å²) in [6.45, 7) is 12.4. The first kappa shape index (κ1) is 17.7. The molecule has 1 heterocycles. The molecule has 1 aliphatic heterocycles. The van der Waals surface area contributed by atoms with Gasteiger partial charge in [-0.25, -0.2) is 0 Å². The first-order valence-corrected chi connectivity index (χ1v) is 8.26. The van der Waals surface area contributed by atoms with Gasteiger partial charge in [0, 0.05) is 19.3 Å². The summed E-state index contributed by atoms with van der Waals surface area (Å²) in [5.41, 5.74) is 7.27.